The molecule has 3 aromatic carbocycles. The Hall–Kier alpha value is -3.22. The summed E-state index contributed by atoms with van der Waals surface area (Å²) in [6.07, 6.45) is 5.78. The van der Waals surface area contributed by atoms with Gasteiger partial charge in [0.25, 0.3) is 0 Å². The van der Waals surface area contributed by atoms with Crippen molar-refractivity contribution in [2.75, 3.05) is 13.2 Å². The second-order valence-electron chi connectivity index (χ2n) is 8.36. The highest BCUT2D eigenvalue weighted by Gasteiger charge is 2.26. The van der Waals surface area contributed by atoms with Crippen LogP contribution in [0, 0.1) is 23.3 Å². The highest BCUT2D eigenvalue weighted by molar-refractivity contribution is 5.71. The number of rotatable bonds is 7. The average Bonchev–Trinajstić information content (AvgIpc) is 2.89. The molecule has 6 heteroatoms. The van der Waals surface area contributed by atoms with E-state index in [1.54, 1.807) is 36.4 Å². The van der Waals surface area contributed by atoms with Gasteiger partial charge in [0, 0.05) is 17.0 Å². The van der Waals surface area contributed by atoms with Crippen LogP contribution in [0.4, 0.5) is 17.6 Å². The van der Waals surface area contributed by atoms with E-state index in [4.69, 9.17) is 9.47 Å². The van der Waals surface area contributed by atoms with Crippen LogP contribution in [0.5, 0.6) is 0 Å². The molecular formula is C29H26F4O2. The molecule has 1 saturated heterocycles. The maximum Gasteiger partial charge on any atom is 0.176 e. The van der Waals surface area contributed by atoms with Gasteiger partial charge in [0.05, 0.1) is 13.2 Å². The van der Waals surface area contributed by atoms with Crippen LogP contribution >= 0.6 is 0 Å². The fraction of sp³-hybridized carbons (Fsp3) is 0.241. The average molecular weight is 483 g/mol. The van der Waals surface area contributed by atoms with Crippen LogP contribution in [0.25, 0.3) is 22.3 Å². The molecule has 182 valence electrons. The maximum absolute atomic E-state index is 15.0. The second-order valence-corrected chi connectivity index (χ2v) is 8.36. The Morgan fingerprint density at radius 1 is 0.771 bits per heavy atom. The Kier molecular flexibility index (Phi) is 7.83. The van der Waals surface area contributed by atoms with Gasteiger partial charge in [-0.15, -0.1) is 0 Å². The lowest BCUT2D eigenvalue weighted by Gasteiger charge is -2.28. The number of benzene rings is 3. The van der Waals surface area contributed by atoms with E-state index in [0.717, 1.165) is 6.42 Å². The van der Waals surface area contributed by atoms with E-state index in [1.165, 1.54) is 24.3 Å². The molecule has 3 aromatic rings. The van der Waals surface area contributed by atoms with E-state index in [1.807, 2.05) is 13.0 Å². The third-order valence-corrected chi connectivity index (χ3v) is 6.08. The Balaban J connectivity index is 1.56. The molecule has 4 rings (SSSR count). The van der Waals surface area contributed by atoms with Crippen LogP contribution in [-0.4, -0.2) is 19.5 Å². The number of hydrogen-bond acceptors (Lipinski definition) is 2. The van der Waals surface area contributed by atoms with Gasteiger partial charge in [-0.3, -0.25) is 0 Å². The zero-order valence-electron chi connectivity index (χ0n) is 19.4. The minimum atomic E-state index is -0.984. The SMILES string of the molecule is C=CC1OCC(c2ccc(-c3ccc(-c4ccc(C/C=C\CC)c(F)c4F)cc3)c(F)c2F)CO1. The lowest BCUT2D eigenvalue weighted by Crippen LogP contribution is -2.30. The van der Waals surface area contributed by atoms with E-state index in [2.05, 4.69) is 6.58 Å². The number of halogens is 4. The molecule has 0 bridgehead atoms. The lowest BCUT2D eigenvalue weighted by atomic mass is 9.94. The van der Waals surface area contributed by atoms with Gasteiger partial charge in [0.2, 0.25) is 0 Å². The maximum atomic E-state index is 15.0. The van der Waals surface area contributed by atoms with E-state index >= 15 is 0 Å². The first-order chi connectivity index (χ1) is 16.9. The third kappa shape index (κ3) is 5.24. The van der Waals surface area contributed by atoms with E-state index in [9.17, 15) is 17.6 Å². The van der Waals surface area contributed by atoms with Gasteiger partial charge < -0.3 is 9.47 Å². The van der Waals surface area contributed by atoms with Crippen molar-refractivity contribution in [1.29, 1.82) is 0 Å². The monoisotopic (exact) mass is 482 g/mol. The molecule has 0 spiro atoms. The van der Waals surface area contributed by atoms with Gasteiger partial charge in [-0.05, 0) is 41.2 Å². The van der Waals surface area contributed by atoms with E-state index in [-0.39, 0.29) is 35.5 Å². The standard InChI is InChI=1S/C29H26F4O2/c1-3-5-6-7-20-12-13-22(27(31)26(20)30)18-8-10-19(11-9-18)23-14-15-24(29(33)28(23)32)21-16-34-25(4-2)35-17-21/h4-6,8-15,21,25H,2-3,7,16-17H2,1H3/b6-5-. The quantitative estimate of drug-likeness (QED) is 0.253. The number of allylic oxidation sites excluding steroid dienone is 2. The van der Waals surface area contributed by atoms with Gasteiger partial charge >= 0.3 is 0 Å². The van der Waals surface area contributed by atoms with Gasteiger partial charge in [0.1, 0.15) is 0 Å². The van der Waals surface area contributed by atoms with Crippen molar-refractivity contribution >= 4 is 0 Å². The summed E-state index contributed by atoms with van der Waals surface area (Å²) in [6.45, 7) is 5.93. The Bertz CT molecular complexity index is 1230. The Labute approximate surface area is 202 Å². The zero-order chi connectivity index (χ0) is 24.9. The van der Waals surface area contributed by atoms with Crippen molar-refractivity contribution in [2.24, 2.45) is 0 Å². The highest BCUT2D eigenvalue weighted by atomic mass is 19.2. The van der Waals surface area contributed by atoms with E-state index < -0.39 is 35.5 Å². The van der Waals surface area contributed by atoms with Crippen LogP contribution in [0.1, 0.15) is 30.4 Å². The predicted molar refractivity (Wildman–Crippen MR) is 129 cm³/mol. The summed E-state index contributed by atoms with van der Waals surface area (Å²) in [4.78, 5) is 0. The predicted octanol–water partition coefficient (Wildman–Crippen LogP) is 7.73. The molecule has 1 aliphatic rings. The first kappa shape index (κ1) is 24.9. The van der Waals surface area contributed by atoms with Crippen molar-refractivity contribution in [3.8, 4) is 22.3 Å². The molecule has 1 heterocycles. The summed E-state index contributed by atoms with van der Waals surface area (Å²) in [5, 5.41) is 0. The fourth-order valence-corrected chi connectivity index (χ4v) is 4.11. The molecule has 1 aliphatic heterocycles. The number of hydrogen-bond donors (Lipinski definition) is 0. The summed E-state index contributed by atoms with van der Waals surface area (Å²) >= 11 is 0. The molecule has 35 heavy (non-hydrogen) atoms. The van der Waals surface area contributed by atoms with Gasteiger partial charge in [-0.1, -0.05) is 74.2 Å². The molecular weight excluding hydrogens is 456 g/mol. The summed E-state index contributed by atoms with van der Waals surface area (Å²) in [5.74, 6) is -4.19. The van der Waals surface area contributed by atoms with Crippen molar-refractivity contribution < 1.29 is 27.0 Å². The molecule has 0 amide bonds. The smallest absolute Gasteiger partial charge is 0.176 e. The topological polar surface area (TPSA) is 18.5 Å². The number of ether oxygens (including phenoxy) is 2. The Morgan fingerprint density at radius 3 is 1.91 bits per heavy atom. The van der Waals surface area contributed by atoms with Crippen LogP contribution in [0.2, 0.25) is 0 Å². The molecule has 1 fully saturated rings. The van der Waals surface area contributed by atoms with E-state index in [0.29, 0.717) is 17.5 Å². The molecule has 2 nitrogen and oxygen atoms in total. The Morgan fingerprint density at radius 2 is 1.34 bits per heavy atom. The van der Waals surface area contributed by atoms with Crippen molar-refractivity contribution in [3.05, 3.63) is 108 Å². The highest BCUT2D eigenvalue weighted by Crippen LogP contribution is 2.33. The van der Waals surface area contributed by atoms with Crippen LogP contribution < -0.4 is 0 Å². The van der Waals surface area contributed by atoms with Gasteiger partial charge in [-0.2, -0.15) is 0 Å². The van der Waals surface area contributed by atoms with Gasteiger partial charge in [0.15, 0.2) is 29.6 Å². The van der Waals surface area contributed by atoms with Crippen LogP contribution in [-0.2, 0) is 15.9 Å². The fourth-order valence-electron chi connectivity index (χ4n) is 4.11. The van der Waals surface area contributed by atoms with Crippen LogP contribution in [0.3, 0.4) is 0 Å². The molecule has 0 aromatic heterocycles. The van der Waals surface area contributed by atoms with Crippen molar-refractivity contribution in [3.63, 3.8) is 0 Å². The third-order valence-electron chi connectivity index (χ3n) is 6.08. The summed E-state index contributed by atoms with van der Waals surface area (Å²) in [6, 6.07) is 12.4. The molecule has 0 radical (unpaired) electrons. The molecule has 0 saturated carbocycles. The minimum absolute atomic E-state index is 0.0733. The largest absolute Gasteiger partial charge is 0.348 e. The first-order valence-corrected chi connectivity index (χ1v) is 11.5. The molecule has 0 N–H and O–H groups in total. The zero-order valence-corrected chi connectivity index (χ0v) is 19.4. The second kappa shape index (κ2) is 11.0. The minimum Gasteiger partial charge on any atom is -0.348 e. The van der Waals surface area contributed by atoms with Crippen LogP contribution in [0.15, 0.2) is 73.3 Å². The first-order valence-electron chi connectivity index (χ1n) is 11.5. The normalized spacial score (nSPS) is 18.2. The summed E-state index contributed by atoms with van der Waals surface area (Å²) in [5.41, 5.74) is 1.49. The molecule has 0 atom stereocenters. The van der Waals surface area contributed by atoms with Crippen molar-refractivity contribution in [2.45, 2.75) is 32.0 Å². The molecule has 0 aliphatic carbocycles. The summed E-state index contributed by atoms with van der Waals surface area (Å²) in [7, 11) is 0. The lowest BCUT2D eigenvalue weighted by molar-refractivity contribution is -0.159. The summed E-state index contributed by atoms with van der Waals surface area (Å²) < 4.78 is 70.0. The van der Waals surface area contributed by atoms with Crippen molar-refractivity contribution in [1.82, 2.24) is 0 Å². The van der Waals surface area contributed by atoms with Gasteiger partial charge in [-0.25, -0.2) is 17.6 Å². The molecule has 0 unspecified atom stereocenters.